The van der Waals surface area contributed by atoms with Crippen LogP contribution in [0.4, 0.5) is 0 Å². The molecular weight excluding hydrogens is 324 g/mol. The van der Waals surface area contributed by atoms with Crippen LogP contribution in [0.2, 0.25) is 0 Å². The smallest absolute Gasteiger partial charge is 0.338 e. The zero-order valence-corrected chi connectivity index (χ0v) is 12.7. The summed E-state index contributed by atoms with van der Waals surface area (Å²) in [7, 11) is 0. The molecule has 1 aromatic rings. The number of phenolic OH excluding ortho intramolecular Hbond substituents is 3. The maximum atomic E-state index is 12.1. The van der Waals surface area contributed by atoms with E-state index in [-0.39, 0.29) is 18.4 Å². The summed E-state index contributed by atoms with van der Waals surface area (Å²) in [4.78, 5) is 23.4. The Bertz CT molecular complexity index is 648. The summed E-state index contributed by atoms with van der Waals surface area (Å²) in [6.45, 7) is 1.36. The highest BCUT2D eigenvalue weighted by atomic mass is 16.6. The average molecular weight is 342 g/mol. The quantitative estimate of drug-likeness (QED) is 0.326. The third-order valence-electron chi connectivity index (χ3n) is 4.17. The first-order chi connectivity index (χ1) is 11.0. The lowest BCUT2D eigenvalue weighted by Gasteiger charge is -2.40. The van der Waals surface area contributed by atoms with Crippen molar-refractivity contribution in [2.75, 3.05) is 0 Å². The highest BCUT2D eigenvalue weighted by Gasteiger charge is 2.48. The highest BCUT2D eigenvalue weighted by molar-refractivity contribution is 5.91. The molecule has 6 N–H and O–H groups in total. The average Bonchev–Trinajstić information content (AvgIpc) is 2.49. The van der Waals surface area contributed by atoms with Crippen LogP contribution < -0.4 is 0 Å². The van der Waals surface area contributed by atoms with Crippen LogP contribution in [-0.2, 0) is 9.53 Å². The number of esters is 1. The van der Waals surface area contributed by atoms with Crippen molar-refractivity contribution in [3.8, 4) is 17.2 Å². The maximum absolute atomic E-state index is 12.1. The van der Waals surface area contributed by atoms with Gasteiger partial charge in [-0.1, -0.05) is 0 Å². The van der Waals surface area contributed by atoms with Gasteiger partial charge in [0.1, 0.15) is 12.2 Å². The molecule has 0 bridgehead atoms. The fraction of sp³-hybridized carbons (Fsp3) is 0.467. The highest BCUT2D eigenvalue weighted by Crippen LogP contribution is 2.39. The second kappa shape index (κ2) is 6.17. The lowest BCUT2D eigenvalue weighted by Crippen LogP contribution is -2.52. The van der Waals surface area contributed by atoms with E-state index in [4.69, 9.17) is 4.74 Å². The summed E-state index contributed by atoms with van der Waals surface area (Å²) >= 11 is 0. The van der Waals surface area contributed by atoms with Gasteiger partial charge in [0.15, 0.2) is 17.2 Å². The molecule has 9 nitrogen and oxygen atoms in total. The minimum Gasteiger partial charge on any atom is -0.504 e. The molecule has 1 aliphatic carbocycles. The number of aliphatic hydroxyl groups excluding tert-OH is 2. The first kappa shape index (κ1) is 17.8. The summed E-state index contributed by atoms with van der Waals surface area (Å²) in [5.41, 5.74) is -1.70. The van der Waals surface area contributed by atoms with Gasteiger partial charge >= 0.3 is 11.9 Å². The molecule has 132 valence electrons. The second-order valence-electron chi connectivity index (χ2n) is 6.14. The number of carboxylic acids is 1. The SMILES string of the molecule is C[C@@]1(C(=O)O)CC(OC(=O)c2cc(O)c(O)c(O)c2)C(O)[C@H](O)C1. The van der Waals surface area contributed by atoms with Crippen LogP contribution in [0.5, 0.6) is 17.2 Å². The summed E-state index contributed by atoms with van der Waals surface area (Å²) in [6, 6.07) is 1.69. The van der Waals surface area contributed by atoms with Crippen molar-refractivity contribution in [1.29, 1.82) is 0 Å². The summed E-state index contributed by atoms with van der Waals surface area (Å²) < 4.78 is 5.04. The third kappa shape index (κ3) is 3.22. The van der Waals surface area contributed by atoms with Crippen LogP contribution in [-0.4, -0.2) is 60.9 Å². The zero-order chi connectivity index (χ0) is 18.2. The molecule has 0 spiro atoms. The van der Waals surface area contributed by atoms with Crippen molar-refractivity contribution in [3.05, 3.63) is 17.7 Å². The van der Waals surface area contributed by atoms with Gasteiger partial charge in [-0.15, -0.1) is 0 Å². The van der Waals surface area contributed by atoms with Gasteiger partial charge in [-0.25, -0.2) is 4.79 Å². The Morgan fingerprint density at radius 3 is 2.17 bits per heavy atom. The molecule has 9 heteroatoms. The fourth-order valence-corrected chi connectivity index (χ4v) is 2.69. The van der Waals surface area contributed by atoms with Crippen LogP contribution >= 0.6 is 0 Å². The number of carbonyl (C=O) groups excluding carboxylic acids is 1. The topological polar surface area (TPSA) is 165 Å². The molecule has 24 heavy (non-hydrogen) atoms. The van der Waals surface area contributed by atoms with E-state index in [0.29, 0.717) is 0 Å². The summed E-state index contributed by atoms with van der Waals surface area (Å²) in [5, 5.41) is 57.1. The molecule has 2 unspecified atom stereocenters. The van der Waals surface area contributed by atoms with E-state index < -0.39 is 52.9 Å². The Morgan fingerprint density at radius 2 is 1.67 bits per heavy atom. The van der Waals surface area contributed by atoms with Crippen molar-refractivity contribution in [1.82, 2.24) is 0 Å². The molecule has 1 saturated carbocycles. The molecular formula is C15H18O9. The Labute approximate surface area is 136 Å². The van der Waals surface area contributed by atoms with E-state index in [0.717, 1.165) is 12.1 Å². The van der Waals surface area contributed by atoms with Gasteiger partial charge in [0.2, 0.25) is 0 Å². The largest absolute Gasteiger partial charge is 0.504 e. The molecule has 0 amide bonds. The number of benzene rings is 1. The van der Waals surface area contributed by atoms with E-state index in [1.54, 1.807) is 0 Å². The summed E-state index contributed by atoms with van der Waals surface area (Å²) in [5.74, 6) is -4.57. The van der Waals surface area contributed by atoms with Crippen molar-refractivity contribution in [2.45, 2.75) is 38.1 Å². The Hall–Kier alpha value is -2.52. The first-order valence-electron chi connectivity index (χ1n) is 7.10. The van der Waals surface area contributed by atoms with E-state index in [1.165, 1.54) is 6.92 Å². The van der Waals surface area contributed by atoms with Crippen LogP contribution in [0, 0.1) is 5.41 Å². The van der Waals surface area contributed by atoms with E-state index in [2.05, 4.69) is 0 Å². The lowest BCUT2D eigenvalue weighted by molar-refractivity contribution is -0.167. The molecule has 0 aliphatic heterocycles. The minimum atomic E-state index is -1.47. The molecule has 0 aromatic heterocycles. The molecule has 0 heterocycles. The standard InChI is InChI=1S/C15H18O9/c1-15(14(22)23)4-9(18)12(20)10(5-15)24-13(21)6-2-7(16)11(19)8(17)3-6/h2-3,9-10,12,16-20H,4-5H2,1H3,(H,22,23)/t9-,10?,12?,15+/m1/s1. The van der Waals surface area contributed by atoms with Gasteiger partial charge < -0.3 is 35.4 Å². The Kier molecular flexibility index (Phi) is 4.59. The number of aliphatic carboxylic acids is 1. The molecule has 0 radical (unpaired) electrons. The van der Waals surface area contributed by atoms with E-state index >= 15 is 0 Å². The third-order valence-corrected chi connectivity index (χ3v) is 4.17. The van der Waals surface area contributed by atoms with Gasteiger partial charge in [-0.05, 0) is 25.5 Å². The molecule has 1 fully saturated rings. The zero-order valence-electron chi connectivity index (χ0n) is 12.7. The number of phenols is 3. The van der Waals surface area contributed by atoms with Crippen LogP contribution in [0.15, 0.2) is 12.1 Å². The predicted molar refractivity (Wildman–Crippen MR) is 77.6 cm³/mol. The number of ether oxygens (including phenoxy) is 1. The van der Waals surface area contributed by atoms with Crippen molar-refractivity contribution >= 4 is 11.9 Å². The number of hydrogen-bond acceptors (Lipinski definition) is 8. The maximum Gasteiger partial charge on any atom is 0.338 e. The predicted octanol–water partition coefficient (Wildman–Crippen LogP) is -0.0647. The van der Waals surface area contributed by atoms with Crippen LogP contribution in [0.1, 0.15) is 30.1 Å². The Balaban J connectivity index is 2.22. The molecule has 0 saturated heterocycles. The van der Waals surface area contributed by atoms with Gasteiger partial charge in [0.25, 0.3) is 0 Å². The van der Waals surface area contributed by atoms with Crippen LogP contribution in [0.25, 0.3) is 0 Å². The van der Waals surface area contributed by atoms with Gasteiger partial charge in [0, 0.05) is 6.42 Å². The van der Waals surface area contributed by atoms with E-state index in [1.807, 2.05) is 0 Å². The van der Waals surface area contributed by atoms with Gasteiger partial charge in [-0.2, -0.15) is 0 Å². The number of aromatic hydroxyl groups is 3. The normalized spacial score (nSPS) is 29.9. The minimum absolute atomic E-state index is 0.196. The summed E-state index contributed by atoms with van der Waals surface area (Å²) in [6.07, 6.45) is -4.57. The molecule has 1 aromatic carbocycles. The van der Waals surface area contributed by atoms with Crippen molar-refractivity contribution in [3.63, 3.8) is 0 Å². The number of rotatable bonds is 3. The Morgan fingerprint density at radius 1 is 1.12 bits per heavy atom. The molecule has 2 rings (SSSR count). The van der Waals surface area contributed by atoms with E-state index in [9.17, 15) is 40.2 Å². The fourth-order valence-electron chi connectivity index (χ4n) is 2.69. The van der Waals surface area contributed by atoms with Crippen molar-refractivity contribution in [2.24, 2.45) is 5.41 Å². The number of carboxylic acid groups (broad SMARTS) is 1. The lowest BCUT2D eigenvalue weighted by atomic mass is 9.72. The van der Waals surface area contributed by atoms with Crippen molar-refractivity contribution < 1.29 is 45.0 Å². The van der Waals surface area contributed by atoms with Gasteiger partial charge in [-0.3, -0.25) is 4.79 Å². The second-order valence-corrected chi connectivity index (χ2v) is 6.14. The molecule has 1 aliphatic rings. The monoisotopic (exact) mass is 342 g/mol. The molecule has 4 atom stereocenters. The van der Waals surface area contributed by atoms with Crippen LogP contribution in [0.3, 0.4) is 0 Å². The van der Waals surface area contributed by atoms with Gasteiger partial charge in [0.05, 0.1) is 17.1 Å². The number of carbonyl (C=O) groups is 2. The first-order valence-corrected chi connectivity index (χ1v) is 7.10. The number of aliphatic hydroxyl groups is 2. The number of hydrogen-bond donors (Lipinski definition) is 6.